The number of nitrogens with one attached hydrogen (secondary N) is 2. The Morgan fingerprint density at radius 1 is 1.39 bits per heavy atom. The molecule has 0 aromatic heterocycles. The third-order valence-corrected chi connectivity index (χ3v) is 2.04. The lowest BCUT2D eigenvalue weighted by Crippen LogP contribution is -2.33. The molecule has 6 N–H and O–H groups in total. The number of nitrogen functional groups attached to an aromatic ring is 1. The zero-order valence-electron chi connectivity index (χ0n) is 9.17. The van der Waals surface area contributed by atoms with Crippen LogP contribution in [0.4, 0.5) is 11.4 Å². The van der Waals surface area contributed by atoms with E-state index in [1.807, 2.05) is 0 Å². The minimum absolute atomic E-state index is 0.0482. The van der Waals surface area contributed by atoms with Gasteiger partial charge in [0.25, 0.3) is 11.6 Å². The molecule has 1 aromatic carbocycles. The minimum Gasteiger partial charge on any atom is -0.368 e. The number of primary amides is 1. The first-order valence-corrected chi connectivity index (χ1v) is 4.77. The predicted octanol–water partition coefficient (Wildman–Crippen LogP) is -0.905. The molecule has 18 heavy (non-hydrogen) atoms. The normalized spacial score (nSPS) is 9.61. The van der Waals surface area contributed by atoms with Gasteiger partial charge in [0.2, 0.25) is 5.91 Å². The molecule has 1 rings (SSSR count). The van der Waals surface area contributed by atoms with E-state index in [9.17, 15) is 19.7 Å². The third kappa shape index (κ3) is 3.15. The summed E-state index contributed by atoms with van der Waals surface area (Å²) in [5.74, 6) is 3.76. The Bertz CT molecular complexity index is 502. The number of rotatable bonds is 5. The Hall–Kier alpha value is -2.68. The molecule has 0 heterocycles. The molecule has 1 aromatic rings. The van der Waals surface area contributed by atoms with E-state index in [1.54, 1.807) is 0 Å². The van der Waals surface area contributed by atoms with Crippen LogP contribution in [0.25, 0.3) is 0 Å². The van der Waals surface area contributed by atoms with Gasteiger partial charge in [0.15, 0.2) is 0 Å². The summed E-state index contributed by atoms with van der Waals surface area (Å²) in [5.41, 5.74) is 6.98. The summed E-state index contributed by atoms with van der Waals surface area (Å²) < 4.78 is 0. The highest BCUT2D eigenvalue weighted by Crippen LogP contribution is 2.21. The molecule has 0 unspecified atom stereocenters. The van der Waals surface area contributed by atoms with Gasteiger partial charge in [0.05, 0.1) is 22.7 Å². The van der Waals surface area contributed by atoms with E-state index in [4.69, 9.17) is 11.6 Å². The molecular formula is C9H11N5O4. The van der Waals surface area contributed by atoms with Crippen LogP contribution in [0.3, 0.4) is 0 Å². The average molecular weight is 253 g/mol. The van der Waals surface area contributed by atoms with Crippen LogP contribution in [-0.4, -0.2) is 23.3 Å². The van der Waals surface area contributed by atoms with Crippen molar-refractivity contribution >= 4 is 23.2 Å². The molecule has 0 saturated heterocycles. The van der Waals surface area contributed by atoms with Gasteiger partial charge in [0.1, 0.15) is 0 Å². The fraction of sp³-hybridized carbons (Fsp3) is 0.111. The van der Waals surface area contributed by atoms with E-state index >= 15 is 0 Å². The lowest BCUT2D eigenvalue weighted by Gasteiger charge is -2.08. The predicted molar refractivity (Wildman–Crippen MR) is 62.4 cm³/mol. The number of nitrogens with zero attached hydrogens (tertiary/aromatic N) is 1. The summed E-state index contributed by atoms with van der Waals surface area (Å²) in [7, 11) is 0. The van der Waals surface area contributed by atoms with Gasteiger partial charge >= 0.3 is 0 Å². The van der Waals surface area contributed by atoms with Crippen molar-refractivity contribution in [3.8, 4) is 0 Å². The van der Waals surface area contributed by atoms with Crippen LogP contribution < -0.4 is 22.3 Å². The van der Waals surface area contributed by atoms with E-state index in [-0.39, 0.29) is 23.5 Å². The maximum Gasteiger partial charge on any atom is 0.270 e. The lowest BCUT2D eigenvalue weighted by molar-refractivity contribution is -0.384. The fourth-order valence-corrected chi connectivity index (χ4v) is 1.22. The van der Waals surface area contributed by atoms with E-state index in [0.717, 1.165) is 6.07 Å². The van der Waals surface area contributed by atoms with E-state index in [1.165, 1.54) is 12.1 Å². The van der Waals surface area contributed by atoms with Crippen molar-refractivity contribution in [2.45, 2.75) is 0 Å². The van der Waals surface area contributed by atoms with Crippen molar-refractivity contribution in [3.63, 3.8) is 0 Å². The molecule has 9 heteroatoms. The van der Waals surface area contributed by atoms with Gasteiger partial charge in [-0.05, 0) is 6.07 Å². The summed E-state index contributed by atoms with van der Waals surface area (Å²) in [6.07, 6.45) is 0. The molecule has 0 aliphatic heterocycles. The molecule has 0 aliphatic carbocycles. The molecular weight excluding hydrogens is 242 g/mol. The van der Waals surface area contributed by atoms with Crippen molar-refractivity contribution in [2.75, 3.05) is 12.0 Å². The second-order valence-electron chi connectivity index (χ2n) is 3.28. The summed E-state index contributed by atoms with van der Waals surface area (Å²) >= 11 is 0. The second kappa shape index (κ2) is 5.59. The van der Waals surface area contributed by atoms with Gasteiger partial charge in [0, 0.05) is 12.1 Å². The Morgan fingerprint density at radius 2 is 2.06 bits per heavy atom. The standard InChI is InChI=1S/C9H11N5O4/c10-8(15)4-12-9(16)6-3-5(14(17)18)1-2-7(6)13-11/h1-3,13H,4,11H2,(H2,10,15)(H,12,16). The number of carbonyl (C=O) groups is 2. The zero-order chi connectivity index (χ0) is 13.7. The van der Waals surface area contributed by atoms with Crippen molar-refractivity contribution in [1.29, 1.82) is 0 Å². The molecule has 0 atom stereocenters. The maximum atomic E-state index is 11.7. The maximum absolute atomic E-state index is 11.7. The Labute approximate surface area is 101 Å². The molecule has 9 nitrogen and oxygen atoms in total. The molecule has 2 amide bonds. The Morgan fingerprint density at radius 3 is 2.56 bits per heavy atom. The molecule has 0 radical (unpaired) electrons. The Balaban J connectivity index is 3.03. The largest absolute Gasteiger partial charge is 0.368 e. The fourth-order valence-electron chi connectivity index (χ4n) is 1.22. The quantitative estimate of drug-likeness (QED) is 0.303. The highest BCUT2D eigenvalue weighted by Gasteiger charge is 2.16. The van der Waals surface area contributed by atoms with Gasteiger partial charge < -0.3 is 16.5 Å². The number of nitro benzene ring substituents is 1. The number of hydrogen-bond donors (Lipinski definition) is 4. The second-order valence-corrected chi connectivity index (χ2v) is 3.28. The highest BCUT2D eigenvalue weighted by molar-refractivity contribution is 6.01. The summed E-state index contributed by atoms with van der Waals surface area (Å²) in [6, 6.07) is 3.53. The molecule has 0 saturated carbocycles. The van der Waals surface area contributed by atoms with Crippen LogP contribution in [0.1, 0.15) is 10.4 Å². The third-order valence-electron chi connectivity index (χ3n) is 2.04. The van der Waals surface area contributed by atoms with Gasteiger partial charge in [-0.15, -0.1) is 0 Å². The number of carbonyl (C=O) groups excluding carboxylic acids is 2. The molecule has 0 bridgehead atoms. The van der Waals surface area contributed by atoms with Crippen LogP contribution in [0.2, 0.25) is 0 Å². The Kier molecular flexibility index (Phi) is 4.16. The van der Waals surface area contributed by atoms with Crippen molar-refractivity contribution in [2.24, 2.45) is 11.6 Å². The SMILES string of the molecule is NNc1ccc([N+](=O)[O-])cc1C(=O)NCC(N)=O. The number of anilines is 1. The molecule has 96 valence electrons. The number of nitro groups is 1. The number of hydrazine groups is 1. The van der Waals surface area contributed by atoms with Crippen LogP contribution in [-0.2, 0) is 4.79 Å². The van der Waals surface area contributed by atoms with Gasteiger partial charge in [-0.2, -0.15) is 0 Å². The van der Waals surface area contributed by atoms with Gasteiger partial charge in [-0.1, -0.05) is 0 Å². The number of benzene rings is 1. The smallest absolute Gasteiger partial charge is 0.270 e. The molecule has 0 spiro atoms. The van der Waals surface area contributed by atoms with E-state index in [0.29, 0.717) is 0 Å². The zero-order valence-corrected chi connectivity index (χ0v) is 9.17. The topological polar surface area (TPSA) is 153 Å². The summed E-state index contributed by atoms with van der Waals surface area (Å²) in [4.78, 5) is 32.1. The first-order valence-electron chi connectivity index (χ1n) is 4.77. The highest BCUT2D eigenvalue weighted by atomic mass is 16.6. The van der Waals surface area contributed by atoms with Gasteiger partial charge in [-0.25, -0.2) is 0 Å². The first kappa shape index (κ1) is 13.4. The van der Waals surface area contributed by atoms with Crippen molar-refractivity contribution in [3.05, 3.63) is 33.9 Å². The van der Waals surface area contributed by atoms with Crippen LogP contribution in [0.15, 0.2) is 18.2 Å². The van der Waals surface area contributed by atoms with E-state index in [2.05, 4.69) is 10.7 Å². The van der Waals surface area contributed by atoms with Crippen LogP contribution in [0, 0.1) is 10.1 Å². The number of nitrogens with two attached hydrogens (primary N) is 2. The number of hydrogen-bond acceptors (Lipinski definition) is 6. The molecule has 0 aliphatic rings. The van der Waals surface area contributed by atoms with Crippen molar-refractivity contribution < 1.29 is 14.5 Å². The van der Waals surface area contributed by atoms with Gasteiger partial charge in [-0.3, -0.25) is 25.5 Å². The summed E-state index contributed by atoms with van der Waals surface area (Å²) in [6.45, 7) is -0.370. The lowest BCUT2D eigenvalue weighted by atomic mass is 10.1. The number of amides is 2. The van der Waals surface area contributed by atoms with E-state index < -0.39 is 16.7 Å². The average Bonchev–Trinajstić information content (AvgIpc) is 2.34. The van der Waals surface area contributed by atoms with Crippen molar-refractivity contribution in [1.82, 2.24) is 5.32 Å². The monoisotopic (exact) mass is 253 g/mol. The minimum atomic E-state index is -0.726. The number of non-ortho nitro benzene ring substituents is 1. The van der Waals surface area contributed by atoms with Crippen LogP contribution >= 0.6 is 0 Å². The van der Waals surface area contributed by atoms with Crippen LogP contribution in [0.5, 0.6) is 0 Å². The first-order chi connectivity index (χ1) is 8.45. The molecule has 0 fully saturated rings. The summed E-state index contributed by atoms with van der Waals surface area (Å²) in [5, 5.41) is 12.8.